The van der Waals surface area contributed by atoms with Crippen molar-refractivity contribution in [1.82, 2.24) is 14.5 Å². The highest BCUT2D eigenvalue weighted by atomic mass is 35.5. The summed E-state index contributed by atoms with van der Waals surface area (Å²) in [6.45, 7) is 3.34. The second kappa shape index (κ2) is 6.52. The quantitative estimate of drug-likeness (QED) is 0.833. The van der Waals surface area contributed by atoms with E-state index in [-0.39, 0.29) is 0 Å². The molecule has 104 valence electrons. The third-order valence-corrected chi connectivity index (χ3v) is 3.75. The Bertz CT molecular complexity index is 607. The molecule has 0 spiro atoms. The van der Waals surface area contributed by atoms with Gasteiger partial charge in [-0.2, -0.15) is 0 Å². The first-order valence-corrected chi connectivity index (χ1v) is 6.96. The van der Waals surface area contributed by atoms with E-state index in [1.54, 1.807) is 7.11 Å². The van der Waals surface area contributed by atoms with Crippen LogP contribution in [0.2, 0.25) is 5.02 Å². The summed E-state index contributed by atoms with van der Waals surface area (Å²) in [6, 6.07) is 5.80. The zero-order valence-corrected chi connectivity index (χ0v) is 12.7. The first-order chi connectivity index (χ1) is 9.13. The fourth-order valence-electron chi connectivity index (χ4n) is 2.02. The normalized spacial score (nSPS) is 11.6. The summed E-state index contributed by atoms with van der Waals surface area (Å²) >= 11 is 11.6. The summed E-state index contributed by atoms with van der Waals surface area (Å²) in [5.41, 5.74) is 1.96. The van der Waals surface area contributed by atoms with E-state index in [0.29, 0.717) is 4.77 Å². The van der Waals surface area contributed by atoms with Gasteiger partial charge in [-0.25, -0.2) is 0 Å². The maximum Gasteiger partial charge on any atom is 0.178 e. The van der Waals surface area contributed by atoms with E-state index in [9.17, 15) is 0 Å². The number of H-pyrrole nitrogens is 1. The third-order valence-electron chi connectivity index (χ3n) is 3.13. The number of nitrogens with one attached hydrogen (secondary N) is 1. The molecule has 0 amide bonds. The summed E-state index contributed by atoms with van der Waals surface area (Å²) in [5, 5.41) is 0.726. The molecule has 4 nitrogen and oxygen atoms in total. The molecule has 1 heterocycles. The van der Waals surface area contributed by atoms with Gasteiger partial charge in [0.1, 0.15) is 0 Å². The second-order valence-electron chi connectivity index (χ2n) is 4.51. The van der Waals surface area contributed by atoms with Crippen LogP contribution in [-0.4, -0.2) is 48.3 Å². The molecule has 19 heavy (non-hydrogen) atoms. The number of ether oxygens (including phenoxy) is 1. The van der Waals surface area contributed by atoms with Crippen LogP contribution < -0.4 is 0 Å². The van der Waals surface area contributed by atoms with Crippen molar-refractivity contribution in [2.75, 3.05) is 33.9 Å². The number of methoxy groups -OCH3 is 1. The van der Waals surface area contributed by atoms with Gasteiger partial charge in [-0.15, -0.1) is 0 Å². The van der Waals surface area contributed by atoms with Crippen molar-refractivity contribution in [2.45, 2.75) is 6.54 Å². The summed E-state index contributed by atoms with van der Waals surface area (Å²) in [6.07, 6.45) is 0. The molecule has 2 aromatic rings. The number of aromatic amines is 1. The van der Waals surface area contributed by atoms with E-state index in [1.807, 2.05) is 18.2 Å². The number of halogens is 1. The number of aromatic nitrogens is 2. The number of nitrogens with zero attached hydrogens (tertiary/aromatic N) is 2. The molecule has 0 bridgehead atoms. The molecular formula is C13H18ClN3OS. The molecular weight excluding hydrogens is 282 g/mol. The fraction of sp³-hybridized carbons (Fsp3) is 0.462. The standard InChI is InChI=1S/C13H18ClN3OS/c1-16(8-9-18-2)6-7-17-12-10(14)4-3-5-11(12)15-13(17)19/h3-5H,6-9H2,1-2H3,(H,15,19). The average Bonchev–Trinajstić information content (AvgIpc) is 2.71. The Morgan fingerprint density at radius 2 is 2.21 bits per heavy atom. The lowest BCUT2D eigenvalue weighted by atomic mass is 10.3. The van der Waals surface area contributed by atoms with Crippen LogP contribution in [-0.2, 0) is 11.3 Å². The van der Waals surface area contributed by atoms with Crippen molar-refractivity contribution in [3.63, 3.8) is 0 Å². The number of imidazole rings is 1. The Kier molecular flexibility index (Phi) is 4.99. The van der Waals surface area contributed by atoms with Crippen LogP contribution >= 0.6 is 23.8 Å². The van der Waals surface area contributed by atoms with E-state index < -0.39 is 0 Å². The van der Waals surface area contributed by atoms with Gasteiger partial charge in [-0.3, -0.25) is 0 Å². The zero-order valence-electron chi connectivity index (χ0n) is 11.1. The first-order valence-electron chi connectivity index (χ1n) is 6.18. The molecule has 0 saturated heterocycles. The van der Waals surface area contributed by atoms with Crippen LogP contribution in [0.1, 0.15) is 0 Å². The lowest BCUT2D eigenvalue weighted by Crippen LogP contribution is -2.26. The lowest BCUT2D eigenvalue weighted by molar-refractivity contribution is 0.159. The van der Waals surface area contributed by atoms with Gasteiger partial charge in [-0.05, 0) is 31.4 Å². The minimum atomic E-state index is 0.711. The van der Waals surface area contributed by atoms with Crippen LogP contribution in [0.5, 0.6) is 0 Å². The molecule has 0 aliphatic carbocycles. The molecule has 0 aliphatic rings. The lowest BCUT2D eigenvalue weighted by Gasteiger charge is -2.16. The maximum atomic E-state index is 6.25. The highest BCUT2D eigenvalue weighted by Gasteiger charge is 2.08. The summed E-state index contributed by atoms with van der Waals surface area (Å²) in [4.78, 5) is 5.39. The van der Waals surface area contributed by atoms with Crippen molar-refractivity contribution < 1.29 is 4.74 Å². The Morgan fingerprint density at radius 1 is 1.42 bits per heavy atom. The number of benzene rings is 1. The van der Waals surface area contributed by atoms with E-state index in [0.717, 1.165) is 42.3 Å². The molecule has 0 unspecified atom stereocenters. The van der Waals surface area contributed by atoms with Crippen molar-refractivity contribution in [3.05, 3.63) is 28.0 Å². The van der Waals surface area contributed by atoms with Crippen molar-refractivity contribution >= 4 is 34.9 Å². The fourth-order valence-corrected chi connectivity index (χ4v) is 2.59. The molecule has 0 saturated carbocycles. The first kappa shape index (κ1) is 14.5. The molecule has 6 heteroatoms. The van der Waals surface area contributed by atoms with Crippen LogP contribution in [0.15, 0.2) is 18.2 Å². The van der Waals surface area contributed by atoms with Gasteiger partial charge >= 0.3 is 0 Å². The van der Waals surface area contributed by atoms with Crippen LogP contribution in [0.3, 0.4) is 0 Å². The van der Waals surface area contributed by atoms with Gasteiger partial charge in [0, 0.05) is 26.7 Å². The number of likely N-dealkylation sites (N-methyl/N-ethyl adjacent to an activating group) is 1. The molecule has 0 radical (unpaired) electrons. The number of hydrogen-bond donors (Lipinski definition) is 1. The van der Waals surface area contributed by atoms with E-state index in [4.69, 9.17) is 28.6 Å². The molecule has 0 fully saturated rings. The van der Waals surface area contributed by atoms with Gasteiger partial charge in [-0.1, -0.05) is 17.7 Å². The largest absolute Gasteiger partial charge is 0.383 e. The molecule has 0 aliphatic heterocycles. The monoisotopic (exact) mass is 299 g/mol. The average molecular weight is 300 g/mol. The number of hydrogen-bond acceptors (Lipinski definition) is 3. The maximum absolute atomic E-state index is 6.25. The van der Waals surface area contributed by atoms with Gasteiger partial charge in [0.2, 0.25) is 0 Å². The predicted octanol–water partition coefficient (Wildman–Crippen LogP) is 2.93. The topological polar surface area (TPSA) is 33.2 Å². The van der Waals surface area contributed by atoms with Crippen LogP contribution in [0, 0.1) is 4.77 Å². The smallest absolute Gasteiger partial charge is 0.178 e. The highest BCUT2D eigenvalue weighted by molar-refractivity contribution is 7.71. The Balaban J connectivity index is 2.16. The number of para-hydroxylation sites is 1. The minimum absolute atomic E-state index is 0.711. The predicted molar refractivity (Wildman–Crippen MR) is 81.5 cm³/mol. The van der Waals surface area contributed by atoms with E-state index in [2.05, 4.69) is 21.5 Å². The Hall–Kier alpha value is -0.880. The van der Waals surface area contributed by atoms with Gasteiger partial charge < -0.3 is 19.2 Å². The third kappa shape index (κ3) is 3.36. The van der Waals surface area contributed by atoms with Gasteiger partial charge in [0.05, 0.1) is 22.7 Å². The molecule has 1 aromatic carbocycles. The number of fused-ring (bicyclic) bond motifs is 1. The molecule has 1 aromatic heterocycles. The molecule has 2 rings (SSSR count). The van der Waals surface area contributed by atoms with Crippen LogP contribution in [0.4, 0.5) is 0 Å². The van der Waals surface area contributed by atoms with Gasteiger partial charge in [0.25, 0.3) is 0 Å². The van der Waals surface area contributed by atoms with Crippen LogP contribution in [0.25, 0.3) is 11.0 Å². The highest BCUT2D eigenvalue weighted by Crippen LogP contribution is 2.23. The zero-order chi connectivity index (χ0) is 13.8. The minimum Gasteiger partial charge on any atom is -0.383 e. The van der Waals surface area contributed by atoms with E-state index in [1.165, 1.54) is 0 Å². The van der Waals surface area contributed by atoms with Crippen molar-refractivity contribution in [3.8, 4) is 0 Å². The van der Waals surface area contributed by atoms with E-state index >= 15 is 0 Å². The Labute approximate surface area is 122 Å². The summed E-state index contributed by atoms with van der Waals surface area (Å²) < 4.78 is 7.83. The molecule has 1 N–H and O–H groups in total. The summed E-state index contributed by atoms with van der Waals surface area (Å²) in [7, 11) is 3.78. The van der Waals surface area contributed by atoms with Crippen molar-refractivity contribution in [1.29, 1.82) is 0 Å². The van der Waals surface area contributed by atoms with Crippen molar-refractivity contribution in [2.24, 2.45) is 0 Å². The number of rotatable bonds is 6. The SMILES string of the molecule is COCCN(C)CCn1c(=S)[nH]c2cccc(Cl)c21. The Morgan fingerprint density at radius 3 is 2.95 bits per heavy atom. The second-order valence-corrected chi connectivity index (χ2v) is 5.31. The molecule has 0 atom stereocenters. The summed E-state index contributed by atoms with van der Waals surface area (Å²) in [5.74, 6) is 0. The van der Waals surface area contributed by atoms with Gasteiger partial charge in [0.15, 0.2) is 4.77 Å².